The highest BCUT2D eigenvalue weighted by molar-refractivity contribution is 9.09. The van der Waals surface area contributed by atoms with E-state index >= 15 is 0 Å². The Morgan fingerprint density at radius 1 is 0.893 bits per heavy atom. The van der Waals surface area contributed by atoms with Gasteiger partial charge >= 0.3 is 0 Å². The molecule has 0 aliphatic rings. The largest absolute Gasteiger partial charge is 0.493 e. The maximum Gasteiger partial charge on any atom is 0.161 e. The number of benzene rings is 2. The number of alkyl halides is 1. The molecule has 0 aliphatic carbocycles. The molecular weight excluding hydrogens is 416 g/mol. The summed E-state index contributed by atoms with van der Waals surface area (Å²) in [6.07, 6.45) is 10.1. The highest BCUT2D eigenvalue weighted by Crippen LogP contribution is 2.29. The van der Waals surface area contributed by atoms with E-state index in [1.807, 2.05) is 36.4 Å². The van der Waals surface area contributed by atoms with Crippen LogP contribution >= 0.6 is 15.9 Å². The van der Waals surface area contributed by atoms with E-state index in [-0.39, 0.29) is 0 Å². The van der Waals surface area contributed by atoms with E-state index < -0.39 is 0 Å². The summed E-state index contributed by atoms with van der Waals surface area (Å²) < 4.78 is 17.1. The minimum Gasteiger partial charge on any atom is -0.493 e. The molecule has 0 radical (unpaired) electrons. The molecule has 0 saturated heterocycles. The third-order valence-corrected chi connectivity index (χ3v) is 4.90. The third-order valence-electron chi connectivity index (χ3n) is 4.34. The summed E-state index contributed by atoms with van der Waals surface area (Å²) in [6, 6.07) is 16.1. The van der Waals surface area contributed by atoms with Crippen LogP contribution in [0.4, 0.5) is 0 Å². The molecule has 0 aromatic heterocycles. The van der Waals surface area contributed by atoms with Crippen molar-refractivity contribution in [1.29, 1.82) is 0 Å². The van der Waals surface area contributed by atoms with Crippen LogP contribution < -0.4 is 9.47 Å². The number of methoxy groups -OCH3 is 1. The SMILES string of the molecule is COc1cc(/C=C/CCOCCCCCCBr)ccc1OCc1ccccc1. The lowest BCUT2D eigenvalue weighted by Gasteiger charge is -2.11. The van der Waals surface area contributed by atoms with Crippen molar-refractivity contribution in [2.45, 2.75) is 38.7 Å². The quantitative estimate of drug-likeness (QED) is 0.240. The molecule has 152 valence electrons. The molecule has 0 unspecified atom stereocenters. The molecule has 0 fully saturated rings. The Hall–Kier alpha value is -1.78. The van der Waals surface area contributed by atoms with E-state index in [2.05, 4.69) is 40.2 Å². The van der Waals surface area contributed by atoms with Crippen molar-refractivity contribution in [2.24, 2.45) is 0 Å². The zero-order valence-corrected chi connectivity index (χ0v) is 18.3. The molecule has 0 aliphatic heterocycles. The van der Waals surface area contributed by atoms with Gasteiger partial charge in [0.15, 0.2) is 11.5 Å². The van der Waals surface area contributed by atoms with Crippen LogP contribution in [-0.4, -0.2) is 25.7 Å². The van der Waals surface area contributed by atoms with Crippen LogP contribution in [-0.2, 0) is 11.3 Å². The smallest absolute Gasteiger partial charge is 0.161 e. The molecule has 0 bridgehead atoms. The minimum atomic E-state index is 0.528. The van der Waals surface area contributed by atoms with Gasteiger partial charge in [0.25, 0.3) is 0 Å². The van der Waals surface area contributed by atoms with Crippen LogP contribution in [0.1, 0.15) is 43.2 Å². The fourth-order valence-electron chi connectivity index (χ4n) is 2.77. The van der Waals surface area contributed by atoms with Crippen LogP contribution in [0.15, 0.2) is 54.6 Å². The van der Waals surface area contributed by atoms with Crippen molar-refractivity contribution < 1.29 is 14.2 Å². The summed E-state index contributed by atoms with van der Waals surface area (Å²) in [7, 11) is 1.67. The molecule has 28 heavy (non-hydrogen) atoms. The summed E-state index contributed by atoms with van der Waals surface area (Å²) in [5.41, 5.74) is 2.23. The van der Waals surface area contributed by atoms with Gasteiger partial charge in [0.2, 0.25) is 0 Å². The normalized spacial score (nSPS) is 11.1. The number of hydrogen-bond acceptors (Lipinski definition) is 3. The van der Waals surface area contributed by atoms with Crippen LogP contribution in [0.25, 0.3) is 6.08 Å². The first-order valence-electron chi connectivity index (χ1n) is 9.98. The number of hydrogen-bond donors (Lipinski definition) is 0. The molecule has 0 saturated carbocycles. The fraction of sp³-hybridized carbons (Fsp3) is 0.417. The molecule has 2 aromatic rings. The lowest BCUT2D eigenvalue weighted by atomic mass is 10.1. The first kappa shape index (κ1) is 22.5. The second-order valence-corrected chi connectivity index (χ2v) is 7.38. The van der Waals surface area contributed by atoms with Gasteiger partial charge in [0, 0.05) is 11.9 Å². The van der Waals surface area contributed by atoms with E-state index in [1.165, 1.54) is 19.3 Å². The first-order valence-corrected chi connectivity index (χ1v) is 11.1. The lowest BCUT2D eigenvalue weighted by Crippen LogP contribution is -1.97. The standard InChI is InChI=1S/C24H31BrO3/c1-26-24-19-21(11-7-10-18-27-17-9-3-2-8-16-25)14-15-23(24)28-20-22-12-5-4-6-13-22/h4-7,11-15,19H,2-3,8-10,16-18,20H2,1H3/b11-7+. The zero-order valence-electron chi connectivity index (χ0n) is 16.7. The van der Waals surface area contributed by atoms with Crippen LogP contribution in [0.5, 0.6) is 11.5 Å². The van der Waals surface area contributed by atoms with Crippen molar-refractivity contribution in [1.82, 2.24) is 0 Å². The average molecular weight is 447 g/mol. The Kier molecular flexibility index (Phi) is 11.5. The van der Waals surface area contributed by atoms with Gasteiger partial charge < -0.3 is 14.2 Å². The maximum absolute atomic E-state index is 5.90. The minimum absolute atomic E-state index is 0.528. The third kappa shape index (κ3) is 8.94. The van der Waals surface area contributed by atoms with Crippen LogP contribution in [0, 0.1) is 0 Å². The van der Waals surface area contributed by atoms with E-state index in [0.29, 0.717) is 6.61 Å². The Morgan fingerprint density at radius 3 is 2.50 bits per heavy atom. The van der Waals surface area contributed by atoms with Gasteiger partial charge in [-0.15, -0.1) is 0 Å². The summed E-state index contributed by atoms with van der Waals surface area (Å²) >= 11 is 3.46. The van der Waals surface area contributed by atoms with Gasteiger partial charge in [-0.25, -0.2) is 0 Å². The Morgan fingerprint density at radius 2 is 1.71 bits per heavy atom. The summed E-state index contributed by atoms with van der Waals surface area (Å²) in [6.45, 7) is 2.15. The second kappa shape index (κ2) is 14.3. The summed E-state index contributed by atoms with van der Waals surface area (Å²) in [5.74, 6) is 1.50. The Labute approximate surface area is 177 Å². The number of rotatable bonds is 14. The molecule has 0 heterocycles. The van der Waals surface area contributed by atoms with Gasteiger partial charge in [-0.2, -0.15) is 0 Å². The zero-order chi connectivity index (χ0) is 19.9. The molecule has 0 spiro atoms. The van der Waals surface area contributed by atoms with Crippen molar-refractivity contribution in [3.05, 3.63) is 65.7 Å². The lowest BCUT2D eigenvalue weighted by molar-refractivity contribution is 0.134. The summed E-state index contributed by atoms with van der Waals surface area (Å²) in [4.78, 5) is 0. The van der Waals surface area contributed by atoms with Gasteiger partial charge in [0.05, 0.1) is 13.7 Å². The number of ether oxygens (including phenoxy) is 3. The monoisotopic (exact) mass is 446 g/mol. The topological polar surface area (TPSA) is 27.7 Å². The van der Waals surface area contributed by atoms with Crippen molar-refractivity contribution in [3.8, 4) is 11.5 Å². The molecule has 0 N–H and O–H groups in total. The molecule has 2 aromatic carbocycles. The maximum atomic E-state index is 5.90. The highest BCUT2D eigenvalue weighted by Gasteiger charge is 2.05. The molecule has 2 rings (SSSR count). The van der Waals surface area contributed by atoms with Gasteiger partial charge in [-0.1, -0.05) is 77.3 Å². The number of halogens is 1. The fourth-order valence-corrected chi connectivity index (χ4v) is 3.16. The molecule has 0 atom stereocenters. The Balaban J connectivity index is 1.71. The van der Waals surface area contributed by atoms with Crippen molar-refractivity contribution in [3.63, 3.8) is 0 Å². The predicted octanol–water partition coefficient (Wildman–Crippen LogP) is 6.65. The van der Waals surface area contributed by atoms with E-state index in [1.54, 1.807) is 7.11 Å². The second-order valence-electron chi connectivity index (χ2n) is 6.59. The molecule has 0 amide bonds. The Bertz CT molecular complexity index is 686. The van der Waals surface area contributed by atoms with E-state index in [4.69, 9.17) is 14.2 Å². The van der Waals surface area contributed by atoms with E-state index in [0.717, 1.165) is 54.0 Å². The van der Waals surface area contributed by atoms with Crippen molar-refractivity contribution in [2.75, 3.05) is 25.7 Å². The summed E-state index contributed by atoms with van der Waals surface area (Å²) in [5, 5.41) is 1.10. The molecule has 3 nitrogen and oxygen atoms in total. The average Bonchev–Trinajstić information content (AvgIpc) is 2.74. The molecular formula is C24H31BrO3. The van der Waals surface area contributed by atoms with Crippen LogP contribution in [0.2, 0.25) is 0 Å². The van der Waals surface area contributed by atoms with Gasteiger partial charge in [-0.05, 0) is 42.5 Å². The first-order chi connectivity index (χ1) is 13.8. The van der Waals surface area contributed by atoms with Crippen molar-refractivity contribution >= 4 is 22.0 Å². The predicted molar refractivity (Wildman–Crippen MR) is 121 cm³/mol. The highest BCUT2D eigenvalue weighted by atomic mass is 79.9. The van der Waals surface area contributed by atoms with Gasteiger partial charge in [-0.3, -0.25) is 0 Å². The number of unbranched alkanes of at least 4 members (excludes halogenated alkanes) is 3. The molecule has 4 heteroatoms. The van der Waals surface area contributed by atoms with E-state index in [9.17, 15) is 0 Å². The van der Waals surface area contributed by atoms with Crippen LogP contribution in [0.3, 0.4) is 0 Å². The van der Waals surface area contributed by atoms with Gasteiger partial charge in [0.1, 0.15) is 6.61 Å².